The number of pyridine rings is 1. The minimum Gasteiger partial charge on any atom is -0.383 e. The number of ketones is 1. The lowest BCUT2D eigenvalue weighted by molar-refractivity contribution is -0.140. The van der Waals surface area contributed by atoms with Crippen LogP contribution in [0.4, 0.5) is 30.8 Å². The molecule has 4 fully saturated rings. The third-order valence-electron chi connectivity index (χ3n) is 12.6. The first-order chi connectivity index (χ1) is 30.0. The van der Waals surface area contributed by atoms with Gasteiger partial charge in [0.2, 0.25) is 11.9 Å². The van der Waals surface area contributed by atoms with Gasteiger partial charge in [0.25, 0.3) is 0 Å². The minimum atomic E-state index is -0.839. The van der Waals surface area contributed by atoms with Crippen LogP contribution in [-0.2, 0) is 25.6 Å². The summed E-state index contributed by atoms with van der Waals surface area (Å²) in [5, 5.41) is 8.53. The number of benzene rings is 2. The maximum absolute atomic E-state index is 15.5. The van der Waals surface area contributed by atoms with E-state index in [9.17, 15) is 14.0 Å². The van der Waals surface area contributed by atoms with Gasteiger partial charge in [0.05, 0.1) is 66.2 Å². The Morgan fingerprint density at radius 1 is 0.919 bits per heavy atom. The van der Waals surface area contributed by atoms with Crippen molar-refractivity contribution in [3.05, 3.63) is 78.0 Å². The number of imidazole rings is 1. The van der Waals surface area contributed by atoms with Crippen molar-refractivity contribution in [1.29, 1.82) is 0 Å². The number of likely N-dealkylation sites (N-methyl/N-ethyl adjacent to an activating group) is 1. The van der Waals surface area contributed by atoms with Crippen molar-refractivity contribution in [2.75, 3.05) is 75.7 Å². The number of halogens is 3. The number of nitrogens with zero attached hydrogens (tertiary/aromatic N) is 11. The Hall–Kier alpha value is -6.18. The number of anilines is 3. The highest BCUT2D eigenvalue weighted by Gasteiger charge is 2.52. The van der Waals surface area contributed by atoms with Gasteiger partial charge in [-0.15, -0.1) is 0 Å². The van der Waals surface area contributed by atoms with Crippen LogP contribution in [0, 0.1) is 24.4 Å². The first-order valence-corrected chi connectivity index (χ1v) is 20.7. The third-order valence-corrected chi connectivity index (χ3v) is 12.6. The molecule has 0 radical (unpaired) electrons. The summed E-state index contributed by atoms with van der Waals surface area (Å²) in [7, 11) is 5.09. The van der Waals surface area contributed by atoms with Crippen LogP contribution in [0.25, 0.3) is 39.0 Å². The zero-order valence-electron chi connectivity index (χ0n) is 34.6. The number of fused-ring (bicyclic) bond motifs is 8. The van der Waals surface area contributed by atoms with Gasteiger partial charge in [-0.2, -0.15) is 15.1 Å². The zero-order chi connectivity index (χ0) is 43.0. The fraction of sp³-hybridized carbons (Fsp3) is 0.419. The first kappa shape index (κ1) is 39.9. The number of aryl methyl sites for hydroxylation is 1. The Morgan fingerprint density at radius 2 is 1.77 bits per heavy atom. The van der Waals surface area contributed by atoms with E-state index in [1.807, 2.05) is 51.4 Å². The quantitative estimate of drug-likeness (QED) is 0.241. The predicted molar refractivity (Wildman–Crippen MR) is 228 cm³/mol. The lowest BCUT2D eigenvalue weighted by Gasteiger charge is -2.55. The number of ether oxygens (including phenoxy) is 2. The van der Waals surface area contributed by atoms with Gasteiger partial charge in [-0.1, -0.05) is 6.07 Å². The lowest BCUT2D eigenvalue weighted by atomic mass is 9.87. The van der Waals surface area contributed by atoms with Gasteiger partial charge in [-0.05, 0) is 57.1 Å². The highest BCUT2D eigenvalue weighted by molar-refractivity contribution is 5.96. The molecule has 5 atom stereocenters. The molecule has 5 aliphatic heterocycles. The molecule has 1 N–H and O–H groups in total. The van der Waals surface area contributed by atoms with Crippen LogP contribution < -0.4 is 15.1 Å². The number of hydrogen-bond donors (Lipinski definition) is 1. The minimum absolute atomic E-state index is 0. The number of piperazine rings is 1. The van der Waals surface area contributed by atoms with Gasteiger partial charge in [-0.3, -0.25) is 14.5 Å². The number of nitrogens with one attached hydrogen (secondary N) is 1. The molecule has 4 saturated heterocycles. The van der Waals surface area contributed by atoms with Crippen molar-refractivity contribution < 1.29 is 35.1 Å². The van der Waals surface area contributed by atoms with Crippen LogP contribution in [0.5, 0.6) is 0 Å². The van der Waals surface area contributed by atoms with Crippen LogP contribution in [-0.4, -0.2) is 147 Å². The molecule has 9 heterocycles. The molecule has 19 heteroatoms. The topological polar surface area (TPSA) is 152 Å². The van der Waals surface area contributed by atoms with E-state index in [1.54, 1.807) is 19.1 Å². The molecule has 326 valence electrons. The van der Waals surface area contributed by atoms with Gasteiger partial charge >= 0.3 is 0 Å². The summed E-state index contributed by atoms with van der Waals surface area (Å²) in [4.78, 5) is 55.7. The first-order valence-electron chi connectivity index (χ1n) is 20.7. The number of piperidine rings is 1. The molecular formula is C43H49F3N12O4. The van der Waals surface area contributed by atoms with E-state index in [0.717, 1.165) is 17.6 Å². The van der Waals surface area contributed by atoms with Gasteiger partial charge in [0.15, 0.2) is 17.2 Å². The van der Waals surface area contributed by atoms with Crippen molar-refractivity contribution in [2.24, 2.45) is 0 Å². The van der Waals surface area contributed by atoms with Gasteiger partial charge in [0.1, 0.15) is 40.8 Å². The van der Waals surface area contributed by atoms with Crippen LogP contribution in [0.2, 0.25) is 0 Å². The summed E-state index contributed by atoms with van der Waals surface area (Å²) in [6.45, 7) is 4.32. The number of methoxy groups -OCH3 is 2. The Labute approximate surface area is 357 Å². The average Bonchev–Trinajstić information content (AvgIpc) is 3.94. The SMILES string of the molecule is COCCN1C[C@H]2C[C@@H](C1=O)N2c1nc(N2CC3C[C@H]2C(=O)CN(C)C[C@H](OC)Cn2c(C)nc4cc(F)cc(c42)-c2cccc(n2)N3)c2cnn(-c3ccc(F)cc3F)c2n1.[HH].[HH]. The summed E-state index contributed by atoms with van der Waals surface area (Å²) in [6, 6.07) is 10.00. The molecule has 11 rings (SSSR count). The van der Waals surface area contributed by atoms with Crippen molar-refractivity contribution in [3.63, 3.8) is 0 Å². The molecule has 1 unspecified atom stereocenters. The van der Waals surface area contributed by atoms with E-state index in [-0.39, 0.29) is 56.6 Å². The summed E-state index contributed by atoms with van der Waals surface area (Å²) in [5.74, 6) is -0.315. The molecule has 6 aromatic rings. The molecule has 1 amide bonds. The van der Waals surface area contributed by atoms with Crippen LogP contribution in [0.1, 0.15) is 21.5 Å². The Bertz CT molecular complexity index is 2760. The van der Waals surface area contributed by atoms with Crippen molar-refractivity contribution in [3.8, 4) is 16.9 Å². The van der Waals surface area contributed by atoms with E-state index in [2.05, 4.69) is 10.4 Å². The number of carbonyl (C=O) groups is 2. The molecule has 0 spiro atoms. The molecule has 6 bridgehead atoms. The fourth-order valence-corrected chi connectivity index (χ4v) is 9.61. The molecule has 0 saturated carbocycles. The zero-order valence-corrected chi connectivity index (χ0v) is 34.6. The smallest absolute Gasteiger partial charge is 0.245 e. The number of amides is 1. The fourth-order valence-electron chi connectivity index (χ4n) is 9.61. The number of carbonyl (C=O) groups excluding carboxylic acids is 2. The summed E-state index contributed by atoms with van der Waals surface area (Å²) >= 11 is 0. The van der Waals surface area contributed by atoms with Gasteiger partial charge in [-0.25, -0.2) is 27.8 Å². The monoisotopic (exact) mass is 854 g/mol. The molecule has 62 heavy (non-hydrogen) atoms. The maximum atomic E-state index is 15.5. The molecular weight excluding hydrogens is 806 g/mol. The number of aromatic nitrogens is 7. The van der Waals surface area contributed by atoms with Crippen molar-refractivity contribution in [2.45, 2.75) is 56.6 Å². The maximum Gasteiger partial charge on any atom is 0.245 e. The second-order valence-corrected chi connectivity index (χ2v) is 16.6. The van der Waals surface area contributed by atoms with Crippen molar-refractivity contribution in [1.82, 2.24) is 44.1 Å². The third kappa shape index (κ3) is 6.87. The van der Waals surface area contributed by atoms with Crippen molar-refractivity contribution >= 4 is 51.3 Å². The van der Waals surface area contributed by atoms with E-state index in [4.69, 9.17) is 29.4 Å². The van der Waals surface area contributed by atoms with Crippen LogP contribution in [0.15, 0.2) is 54.7 Å². The van der Waals surface area contributed by atoms with E-state index in [0.29, 0.717) is 91.8 Å². The highest BCUT2D eigenvalue weighted by Crippen LogP contribution is 2.40. The second kappa shape index (κ2) is 15.6. The number of Topliss-reactive ketones (excluding diaryl/α,β-unsaturated/α-hetero) is 1. The Kier molecular flexibility index (Phi) is 10.1. The molecule has 16 nitrogen and oxygen atoms in total. The summed E-state index contributed by atoms with van der Waals surface area (Å²) in [5.41, 5.74) is 2.56. The summed E-state index contributed by atoms with van der Waals surface area (Å²) < 4.78 is 59.3. The van der Waals surface area contributed by atoms with Crippen LogP contribution >= 0.6 is 0 Å². The predicted octanol–water partition coefficient (Wildman–Crippen LogP) is 4.47. The van der Waals surface area contributed by atoms with Gasteiger partial charge < -0.3 is 34.1 Å². The Balaban J connectivity index is 0.00000280. The van der Waals surface area contributed by atoms with E-state index < -0.39 is 29.5 Å². The highest BCUT2D eigenvalue weighted by atomic mass is 19.1. The Morgan fingerprint density at radius 3 is 2.56 bits per heavy atom. The van der Waals surface area contributed by atoms with E-state index in [1.165, 1.54) is 29.1 Å². The average molecular weight is 855 g/mol. The van der Waals surface area contributed by atoms with E-state index >= 15 is 8.78 Å². The largest absolute Gasteiger partial charge is 0.383 e. The molecule has 4 aromatic heterocycles. The number of rotatable bonds is 7. The standard InChI is InChI=1S/C43H45F3N12O4.2H2/c1-23-48-33-14-25(45)12-29-32-6-5-7-38(50-32)49-26-15-35(37(59)22-53(2)20-28(62-4)21-55(23)39(29)33)56(18-26)40-30-17-47-58(34-9-8-24(44)13-31(34)46)41(30)52-43(51-40)57-27-16-36(57)42(60)54(19-27)10-11-61-3;;/h5-9,12-14,17,26-28,35-36H,10-11,15-16,18-22H2,1-4H3,(H,49,50);2*1H/t26?,27-,28+,35+,36+;;/m1../s1. The number of hydrogen-bond acceptors (Lipinski definition) is 13. The molecule has 0 aliphatic carbocycles. The van der Waals surface area contributed by atoms with Crippen LogP contribution in [0.3, 0.4) is 0 Å². The summed E-state index contributed by atoms with van der Waals surface area (Å²) in [6.07, 6.45) is 2.14. The normalized spacial score (nSPS) is 23.1. The molecule has 2 aromatic carbocycles. The van der Waals surface area contributed by atoms with Gasteiger partial charge in [0, 0.05) is 67.0 Å². The lowest BCUT2D eigenvalue weighted by Crippen LogP contribution is -2.72. The molecule has 5 aliphatic rings. The second-order valence-electron chi connectivity index (χ2n) is 16.6.